The van der Waals surface area contributed by atoms with Crippen molar-refractivity contribution in [3.63, 3.8) is 0 Å². The van der Waals surface area contributed by atoms with E-state index in [0.29, 0.717) is 25.1 Å². The van der Waals surface area contributed by atoms with Gasteiger partial charge in [-0.3, -0.25) is 0 Å². The molecule has 3 N–H and O–H groups in total. The van der Waals surface area contributed by atoms with E-state index in [-0.39, 0.29) is 23.0 Å². The van der Waals surface area contributed by atoms with Crippen LogP contribution in [0, 0.1) is 5.82 Å². The minimum atomic E-state index is -0.351. The van der Waals surface area contributed by atoms with E-state index in [9.17, 15) is 4.39 Å². The Bertz CT molecular complexity index is 398. The van der Waals surface area contributed by atoms with Crippen LogP contribution in [0.3, 0.4) is 0 Å². The third-order valence-corrected chi connectivity index (χ3v) is 2.70. The highest BCUT2D eigenvalue weighted by atomic mass is 32.1. The predicted molar refractivity (Wildman–Crippen MR) is 70.3 cm³/mol. The molecule has 0 aromatic heterocycles. The highest BCUT2D eigenvalue weighted by Gasteiger charge is 2.11. The van der Waals surface area contributed by atoms with E-state index in [1.807, 2.05) is 11.9 Å². The Hall–Kier alpha value is -1.04. The lowest BCUT2D eigenvalue weighted by Crippen LogP contribution is -2.21. The number of benzene rings is 1. The maximum atomic E-state index is 14.0. The van der Waals surface area contributed by atoms with Crippen molar-refractivity contribution in [2.24, 2.45) is 5.73 Å². The summed E-state index contributed by atoms with van der Waals surface area (Å²) in [6.07, 6.45) is 0.674. The largest absolute Gasteiger partial charge is 0.396 e. The Morgan fingerprint density at radius 2 is 2.24 bits per heavy atom. The highest BCUT2D eigenvalue weighted by molar-refractivity contribution is 7.80. The molecule has 0 unspecified atom stereocenters. The number of rotatable bonds is 6. The Morgan fingerprint density at radius 3 is 2.82 bits per heavy atom. The molecule has 0 saturated heterocycles. The molecular formula is C12H17FN2OS. The maximum absolute atomic E-state index is 14.0. The minimum absolute atomic E-state index is 0.0716. The first-order valence-electron chi connectivity index (χ1n) is 5.43. The number of hydrogen-bond acceptors (Lipinski definition) is 3. The lowest BCUT2D eigenvalue weighted by molar-refractivity contribution is 0.243. The second-order valence-electron chi connectivity index (χ2n) is 3.96. The third-order valence-electron chi connectivity index (χ3n) is 2.48. The van der Waals surface area contributed by atoms with E-state index in [1.165, 1.54) is 0 Å². The minimum Gasteiger partial charge on any atom is -0.396 e. The van der Waals surface area contributed by atoms with Gasteiger partial charge in [0.2, 0.25) is 0 Å². The van der Waals surface area contributed by atoms with Gasteiger partial charge >= 0.3 is 0 Å². The summed E-state index contributed by atoms with van der Waals surface area (Å²) >= 11 is 4.78. The summed E-state index contributed by atoms with van der Waals surface area (Å²) in [7, 11) is 1.88. The van der Waals surface area contributed by atoms with Crippen LogP contribution >= 0.6 is 12.2 Å². The second-order valence-corrected chi connectivity index (χ2v) is 4.40. The van der Waals surface area contributed by atoms with Gasteiger partial charge in [-0.1, -0.05) is 24.4 Å². The van der Waals surface area contributed by atoms with Gasteiger partial charge in [-0.2, -0.15) is 0 Å². The summed E-state index contributed by atoms with van der Waals surface area (Å²) in [6.45, 7) is 1.33. The van der Waals surface area contributed by atoms with Crippen LogP contribution in [0.1, 0.15) is 17.5 Å². The highest BCUT2D eigenvalue weighted by Crippen LogP contribution is 2.14. The summed E-state index contributed by atoms with van der Waals surface area (Å²) in [5, 5.41) is 8.72. The molecule has 0 saturated carbocycles. The van der Waals surface area contributed by atoms with Gasteiger partial charge in [-0.25, -0.2) is 4.39 Å². The first kappa shape index (κ1) is 14.0. The van der Waals surface area contributed by atoms with Gasteiger partial charge < -0.3 is 15.7 Å². The van der Waals surface area contributed by atoms with Gasteiger partial charge in [0.25, 0.3) is 0 Å². The van der Waals surface area contributed by atoms with Crippen LogP contribution in [0.25, 0.3) is 0 Å². The van der Waals surface area contributed by atoms with Crippen LogP contribution in [0.15, 0.2) is 18.2 Å². The van der Waals surface area contributed by atoms with Crippen LogP contribution in [0.5, 0.6) is 0 Å². The van der Waals surface area contributed by atoms with Crippen molar-refractivity contribution in [1.29, 1.82) is 0 Å². The molecule has 17 heavy (non-hydrogen) atoms. The fraction of sp³-hybridized carbons (Fsp3) is 0.417. The van der Waals surface area contributed by atoms with Gasteiger partial charge in [0, 0.05) is 30.8 Å². The molecular weight excluding hydrogens is 239 g/mol. The van der Waals surface area contributed by atoms with Gasteiger partial charge in [-0.15, -0.1) is 0 Å². The van der Waals surface area contributed by atoms with Crippen molar-refractivity contribution in [3.8, 4) is 0 Å². The molecule has 94 valence electrons. The monoisotopic (exact) mass is 256 g/mol. The van der Waals surface area contributed by atoms with Crippen LogP contribution in [-0.4, -0.2) is 35.2 Å². The van der Waals surface area contributed by atoms with E-state index in [0.717, 1.165) is 0 Å². The first-order valence-corrected chi connectivity index (χ1v) is 5.83. The van der Waals surface area contributed by atoms with E-state index in [1.54, 1.807) is 18.2 Å². The molecule has 0 amide bonds. The van der Waals surface area contributed by atoms with E-state index >= 15 is 0 Å². The van der Waals surface area contributed by atoms with E-state index in [2.05, 4.69) is 0 Å². The molecule has 1 aromatic carbocycles. The smallest absolute Gasteiger partial charge is 0.137 e. The molecule has 0 fully saturated rings. The Labute approximate surface area is 106 Å². The topological polar surface area (TPSA) is 49.5 Å². The second kappa shape index (κ2) is 6.64. The number of aliphatic hydroxyl groups excluding tert-OH is 1. The standard InChI is InChI=1S/C12H17FN2OS/c1-15(6-3-7-16)8-9-4-2-5-10(11(9)13)12(14)17/h2,4-5,16H,3,6-8H2,1H3,(H2,14,17). The van der Waals surface area contributed by atoms with Crippen LogP contribution in [0.4, 0.5) is 4.39 Å². The number of aliphatic hydroxyl groups is 1. The molecule has 0 radical (unpaired) electrons. The van der Waals surface area contributed by atoms with E-state index < -0.39 is 0 Å². The zero-order valence-electron chi connectivity index (χ0n) is 9.82. The average Bonchev–Trinajstić information content (AvgIpc) is 2.28. The fourth-order valence-corrected chi connectivity index (χ4v) is 1.76. The average molecular weight is 256 g/mol. The summed E-state index contributed by atoms with van der Waals surface area (Å²) < 4.78 is 14.0. The predicted octanol–water partition coefficient (Wildman–Crippen LogP) is 1.27. The normalized spacial score (nSPS) is 10.8. The SMILES string of the molecule is CN(CCCO)Cc1cccc(C(N)=S)c1F. The molecule has 0 aliphatic carbocycles. The maximum Gasteiger partial charge on any atom is 0.137 e. The molecule has 1 aromatic rings. The number of nitrogens with two attached hydrogens (primary N) is 1. The Morgan fingerprint density at radius 1 is 1.53 bits per heavy atom. The van der Waals surface area contributed by atoms with Crippen molar-refractivity contribution >= 4 is 17.2 Å². The van der Waals surface area contributed by atoms with Crippen LogP contribution in [0.2, 0.25) is 0 Å². The first-order chi connectivity index (χ1) is 8.06. The Balaban J connectivity index is 2.77. The fourth-order valence-electron chi connectivity index (χ4n) is 1.60. The third kappa shape index (κ3) is 4.03. The van der Waals surface area contributed by atoms with E-state index in [4.69, 9.17) is 23.1 Å². The molecule has 1 rings (SSSR count). The molecule has 0 aliphatic rings. The number of nitrogens with zero attached hydrogens (tertiary/aromatic N) is 1. The van der Waals surface area contributed by atoms with Crippen LogP contribution < -0.4 is 5.73 Å². The molecule has 0 bridgehead atoms. The van der Waals surface area contributed by atoms with Crippen molar-refractivity contribution in [2.75, 3.05) is 20.2 Å². The van der Waals surface area contributed by atoms with Crippen molar-refractivity contribution in [1.82, 2.24) is 4.90 Å². The lowest BCUT2D eigenvalue weighted by atomic mass is 10.1. The molecule has 0 spiro atoms. The lowest BCUT2D eigenvalue weighted by Gasteiger charge is -2.17. The van der Waals surface area contributed by atoms with Crippen molar-refractivity contribution < 1.29 is 9.50 Å². The molecule has 0 heterocycles. The van der Waals surface area contributed by atoms with Gasteiger partial charge in [-0.05, 0) is 19.5 Å². The number of halogens is 1. The van der Waals surface area contributed by atoms with Crippen LogP contribution in [-0.2, 0) is 6.54 Å². The summed E-state index contributed by atoms with van der Waals surface area (Å²) in [4.78, 5) is 2.01. The molecule has 0 atom stereocenters. The summed E-state index contributed by atoms with van der Waals surface area (Å²) in [5.74, 6) is -0.351. The Kier molecular flexibility index (Phi) is 5.47. The zero-order valence-corrected chi connectivity index (χ0v) is 10.6. The summed E-state index contributed by atoms with van der Waals surface area (Å²) in [5.41, 5.74) is 6.29. The number of hydrogen-bond donors (Lipinski definition) is 2. The zero-order chi connectivity index (χ0) is 12.8. The van der Waals surface area contributed by atoms with Crippen molar-refractivity contribution in [2.45, 2.75) is 13.0 Å². The van der Waals surface area contributed by atoms with Gasteiger partial charge in [0.15, 0.2) is 0 Å². The molecule has 0 aliphatic heterocycles. The molecule has 5 heteroatoms. The van der Waals surface area contributed by atoms with Crippen molar-refractivity contribution in [3.05, 3.63) is 35.1 Å². The quantitative estimate of drug-likeness (QED) is 0.753. The van der Waals surface area contributed by atoms with Gasteiger partial charge in [0.05, 0.1) is 0 Å². The molecule has 3 nitrogen and oxygen atoms in total. The number of thiocarbonyl (C=S) groups is 1. The van der Waals surface area contributed by atoms with Gasteiger partial charge in [0.1, 0.15) is 10.8 Å². The summed E-state index contributed by atoms with van der Waals surface area (Å²) in [6, 6.07) is 5.04.